The highest BCUT2D eigenvalue weighted by Gasteiger charge is 2.61. The highest BCUT2D eigenvalue weighted by atomic mass is 32.2. The number of ether oxygens (including phenoxy) is 2. The van der Waals surface area contributed by atoms with E-state index in [-0.39, 0.29) is 47.5 Å². The molecule has 4 heterocycles. The minimum atomic E-state index is -0.724. The van der Waals surface area contributed by atoms with Gasteiger partial charge in [-0.1, -0.05) is 19.9 Å². The Morgan fingerprint density at radius 3 is 2.81 bits per heavy atom. The van der Waals surface area contributed by atoms with Gasteiger partial charge in [0.15, 0.2) is 17.7 Å². The van der Waals surface area contributed by atoms with E-state index >= 15 is 0 Å². The predicted molar refractivity (Wildman–Crippen MR) is 134 cm³/mol. The number of hydrogen-bond donors (Lipinski definition) is 1. The smallest absolute Gasteiger partial charge is 0.277 e. The number of rotatable bonds is 6. The van der Waals surface area contributed by atoms with Crippen LogP contribution in [0.1, 0.15) is 35.5 Å². The van der Waals surface area contributed by atoms with Crippen LogP contribution in [0.4, 0.5) is 8.78 Å². The second-order valence-corrected chi connectivity index (χ2v) is 10.6. The Morgan fingerprint density at radius 2 is 2.11 bits per heavy atom. The van der Waals surface area contributed by atoms with Gasteiger partial charge in [-0.15, -0.1) is 16.9 Å². The quantitative estimate of drug-likeness (QED) is 0.349. The predicted octanol–water partition coefficient (Wildman–Crippen LogP) is 2.93. The number of halogens is 2. The van der Waals surface area contributed by atoms with E-state index in [1.807, 2.05) is 13.8 Å². The molecule has 0 radical (unpaired) electrons. The first-order valence-electron chi connectivity index (χ1n) is 11.8. The van der Waals surface area contributed by atoms with Crippen molar-refractivity contribution < 1.29 is 28.2 Å². The van der Waals surface area contributed by atoms with E-state index in [0.717, 1.165) is 23.9 Å². The highest BCUT2D eigenvalue weighted by molar-refractivity contribution is 8.13. The van der Waals surface area contributed by atoms with Gasteiger partial charge in [0.05, 0.1) is 25.8 Å². The fraction of sp³-hybridized carbons (Fsp3) is 0.440. The first-order valence-corrected chi connectivity index (χ1v) is 12.8. The van der Waals surface area contributed by atoms with Crippen molar-refractivity contribution in [1.82, 2.24) is 9.47 Å². The molecule has 2 unspecified atom stereocenters. The number of nitrogens with zero attached hydrogens (tertiary/aromatic N) is 4. The lowest BCUT2D eigenvalue weighted by molar-refractivity contribution is -0.103. The first kappa shape index (κ1) is 25.6. The largest absolute Gasteiger partial charge is 0.503 e. The molecule has 5 rings (SSSR count). The van der Waals surface area contributed by atoms with Gasteiger partial charge in [0.1, 0.15) is 22.3 Å². The van der Waals surface area contributed by atoms with Gasteiger partial charge in [0, 0.05) is 36.7 Å². The van der Waals surface area contributed by atoms with Crippen molar-refractivity contribution in [3.8, 4) is 5.75 Å². The summed E-state index contributed by atoms with van der Waals surface area (Å²) in [6, 6.07) is 2.93. The molecular weight excluding hydrogens is 506 g/mol. The molecule has 2 aromatic rings. The average Bonchev–Trinajstić information content (AvgIpc) is 3.39. The number of aromatic hydroxyl groups is 1. The molecule has 3 aliphatic rings. The van der Waals surface area contributed by atoms with Crippen LogP contribution < -0.4 is 5.43 Å². The van der Waals surface area contributed by atoms with E-state index in [9.17, 15) is 23.5 Å². The van der Waals surface area contributed by atoms with Gasteiger partial charge in [0.25, 0.3) is 5.91 Å². The van der Waals surface area contributed by atoms with Crippen molar-refractivity contribution in [2.24, 2.45) is 16.1 Å². The third kappa shape index (κ3) is 4.26. The van der Waals surface area contributed by atoms with Crippen molar-refractivity contribution in [2.75, 3.05) is 13.2 Å². The molecule has 0 spiro atoms. The van der Waals surface area contributed by atoms with Gasteiger partial charge in [0.2, 0.25) is 5.43 Å². The van der Waals surface area contributed by atoms with E-state index in [4.69, 9.17) is 9.47 Å². The molecule has 2 fully saturated rings. The molecule has 0 saturated carbocycles. The van der Waals surface area contributed by atoms with E-state index < -0.39 is 40.5 Å². The maximum Gasteiger partial charge on any atom is 0.277 e. The zero-order chi connectivity index (χ0) is 26.5. The molecular formula is C25H26F2N4O5S. The Hall–Kier alpha value is -3.09. The number of thioether (sulfide) groups is 1. The first-order chi connectivity index (χ1) is 17.7. The summed E-state index contributed by atoms with van der Waals surface area (Å²) in [5.74, 6) is -2.37. The van der Waals surface area contributed by atoms with Crippen molar-refractivity contribution in [1.29, 1.82) is 0 Å². The van der Waals surface area contributed by atoms with E-state index in [1.165, 1.54) is 12.3 Å². The number of pyridine rings is 1. The molecule has 9 nitrogen and oxygen atoms in total. The van der Waals surface area contributed by atoms with Crippen LogP contribution in [0, 0.1) is 17.6 Å². The monoisotopic (exact) mass is 532 g/mol. The maximum absolute atomic E-state index is 14.1. The zero-order valence-corrected chi connectivity index (χ0v) is 21.1. The number of carbonyl (C=O) groups excluding carboxylic acids is 1. The summed E-state index contributed by atoms with van der Waals surface area (Å²) in [5.41, 5.74) is -0.971. The second kappa shape index (κ2) is 9.66. The van der Waals surface area contributed by atoms with Crippen molar-refractivity contribution >= 4 is 29.4 Å². The normalized spacial score (nSPS) is 24.8. The van der Waals surface area contributed by atoms with Crippen LogP contribution in [0.25, 0.3) is 0 Å². The summed E-state index contributed by atoms with van der Waals surface area (Å²) in [4.78, 5) is 28.1. The van der Waals surface area contributed by atoms with Gasteiger partial charge < -0.3 is 24.0 Å². The summed E-state index contributed by atoms with van der Waals surface area (Å²) in [6.45, 7) is 8.30. The van der Waals surface area contributed by atoms with Gasteiger partial charge in [-0.25, -0.2) is 8.78 Å². The van der Waals surface area contributed by atoms with Crippen LogP contribution in [0.15, 0.2) is 39.4 Å². The number of amides is 1. The lowest BCUT2D eigenvalue weighted by atomic mass is 9.85. The molecule has 0 aliphatic carbocycles. The van der Waals surface area contributed by atoms with E-state index in [1.54, 1.807) is 9.47 Å². The average molecular weight is 533 g/mol. The minimum absolute atomic E-state index is 0.0121. The molecule has 1 aromatic carbocycles. The third-order valence-corrected chi connectivity index (χ3v) is 8.21. The summed E-state index contributed by atoms with van der Waals surface area (Å²) >= 11 is 1.11. The Bertz CT molecular complexity index is 1360. The number of carbonyl (C=O) groups is 1. The standard InChI is InChI=1S/C25H26F2N4O5S/c1-13(2)25-12-35-10-18(25)31-20(36-25)9-30-8-15(22(32)23(33)21(30)24(31)34)11-37-19(29-28-3)6-14-4-5-16(26)7-17(14)27/h4-5,7-8,13,18,20,33H,3,6,9-12H2,1-2H3/b29-19-/t18-,20?,25?/m1/s1. The van der Waals surface area contributed by atoms with Crippen LogP contribution in [0.5, 0.6) is 5.75 Å². The molecule has 0 bridgehead atoms. The highest BCUT2D eigenvalue weighted by Crippen LogP contribution is 2.45. The Morgan fingerprint density at radius 1 is 1.32 bits per heavy atom. The summed E-state index contributed by atoms with van der Waals surface area (Å²) < 4.78 is 41.0. The maximum atomic E-state index is 14.1. The fourth-order valence-corrected chi connectivity index (χ4v) is 6.14. The van der Waals surface area contributed by atoms with Crippen LogP contribution in [0.3, 0.4) is 0 Å². The Labute approximate surface area is 215 Å². The molecule has 1 N–H and O–H groups in total. The minimum Gasteiger partial charge on any atom is -0.503 e. The molecule has 1 aromatic heterocycles. The van der Waals surface area contributed by atoms with Gasteiger partial charge in [-0.3, -0.25) is 9.59 Å². The van der Waals surface area contributed by atoms with Crippen molar-refractivity contribution in [3.63, 3.8) is 0 Å². The molecule has 196 valence electrons. The van der Waals surface area contributed by atoms with E-state index in [0.29, 0.717) is 18.3 Å². The lowest BCUT2D eigenvalue weighted by Gasteiger charge is -2.34. The summed E-state index contributed by atoms with van der Waals surface area (Å²) in [5, 5.41) is 18.6. The fourth-order valence-electron chi connectivity index (χ4n) is 5.24. The second-order valence-electron chi connectivity index (χ2n) is 9.59. The summed E-state index contributed by atoms with van der Waals surface area (Å²) in [7, 11) is 0. The van der Waals surface area contributed by atoms with Crippen LogP contribution in [-0.4, -0.2) is 63.3 Å². The number of benzene rings is 1. The molecule has 12 heteroatoms. The number of fused-ring (bicyclic) bond motifs is 4. The summed E-state index contributed by atoms with van der Waals surface area (Å²) in [6.07, 6.45) is 0.993. The van der Waals surface area contributed by atoms with Gasteiger partial charge in [-0.05, 0) is 17.5 Å². The van der Waals surface area contributed by atoms with Crippen molar-refractivity contribution in [2.45, 2.75) is 50.4 Å². The lowest BCUT2D eigenvalue weighted by Crippen LogP contribution is -2.52. The van der Waals surface area contributed by atoms with Crippen LogP contribution >= 0.6 is 11.8 Å². The van der Waals surface area contributed by atoms with Gasteiger partial charge in [-0.2, -0.15) is 5.10 Å². The molecule has 3 aliphatic heterocycles. The third-order valence-electron chi connectivity index (χ3n) is 7.20. The molecule has 2 saturated heterocycles. The molecule has 3 atom stereocenters. The molecule has 1 amide bonds. The van der Waals surface area contributed by atoms with Crippen LogP contribution in [-0.2, 0) is 28.2 Å². The molecule has 37 heavy (non-hydrogen) atoms. The van der Waals surface area contributed by atoms with Crippen LogP contribution in [0.2, 0.25) is 0 Å². The Kier molecular flexibility index (Phi) is 6.67. The topological polar surface area (TPSA) is 106 Å². The number of hydrogen-bond acceptors (Lipinski definition) is 8. The zero-order valence-electron chi connectivity index (χ0n) is 20.3. The number of aromatic nitrogens is 1. The Balaban J connectivity index is 1.40. The SMILES string of the molecule is C=N/N=C(/Cc1ccc(F)cc1F)SCc1cn2c(c(O)c1=O)C(=O)N1C(C2)OC2(C(C)C)COC[C@@H]12. The van der Waals surface area contributed by atoms with Gasteiger partial charge >= 0.3 is 0 Å². The van der Waals surface area contributed by atoms with E-state index in [2.05, 4.69) is 16.9 Å². The van der Waals surface area contributed by atoms with Crippen molar-refractivity contribution in [3.05, 3.63) is 63.1 Å².